The van der Waals surface area contributed by atoms with Gasteiger partial charge in [-0.2, -0.15) is 0 Å². The normalized spacial score (nSPS) is 10.2. The number of amides is 1. The number of nitrogens with one attached hydrogen (secondary N) is 3. The predicted molar refractivity (Wildman–Crippen MR) is 63.8 cm³/mol. The third-order valence-electron chi connectivity index (χ3n) is 1.92. The molecule has 0 atom stereocenters. The quantitative estimate of drug-likeness (QED) is 0.725. The number of aromatic amines is 1. The van der Waals surface area contributed by atoms with Gasteiger partial charge in [0.2, 0.25) is 10.1 Å². The summed E-state index contributed by atoms with van der Waals surface area (Å²) in [5.74, 6) is 0.456. The smallest absolute Gasteiger partial charge is 0.282 e. The molecule has 2 heterocycles. The summed E-state index contributed by atoms with van der Waals surface area (Å²) in [4.78, 5) is 18.6. The highest BCUT2D eigenvalue weighted by Crippen LogP contribution is 2.14. The van der Waals surface area contributed by atoms with Crippen molar-refractivity contribution in [3.63, 3.8) is 0 Å². The molecular formula is C9H12N6OS. The summed E-state index contributed by atoms with van der Waals surface area (Å²) in [6.45, 7) is 3.06. The standard InChI is InChI=1S/C9H12N6OS/c1-2-10-9-15-14-8(17-9)7(16)13-5-6-11-3-4-12-6/h3-4H,2,5H2,1H3,(H,10,15)(H,11,12)(H,13,16). The van der Waals surface area contributed by atoms with Crippen molar-refractivity contribution in [1.82, 2.24) is 25.5 Å². The summed E-state index contributed by atoms with van der Waals surface area (Å²) in [6.07, 6.45) is 3.34. The minimum Gasteiger partial charge on any atom is -0.360 e. The molecule has 2 rings (SSSR count). The lowest BCUT2D eigenvalue weighted by molar-refractivity contribution is 0.0949. The average molecular weight is 252 g/mol. The molecule has 7 nitrogen and oxygen atoms in total. The molecule has 17 heavy (non-hydrogen) atoms. The number of hydrogen-bond acceptors (Lipinski definition) is 6. The van der Waals surface area contributed by atoms with E-state index >= 15 is 0 Å². The van der Waals surface area contributed by atoms with Crippen molar-refractivity contribution in [2.45, 2.75) is 13.5 Å². The number of imidazole rings is 1. The molecule has 8 heteroatoms. The van der Waals surface area contributed by atoms with Gasteiger partial charge in [-0.15, -0.1) is 10.2 Å². The maximum absolute atomic E-state index is 11.7. The van der Waals surface area contributed by atoms with E-state index in [0.29, 0.717) is 22.5 Å². The van der Waals surface area contributed by atoms with Crippen LogP contribution in [0.2, 0.25) is 0 Å². The summed E-state index contributed by atoms with van der Waals surface area (Å²) >= 11 is 1.23. The zero-order valence-corrected chi connectivity index (χ0v) is 10.0. The third kappa shape index (κ3) is 3.00. The lowest BCUT2D eigenvalue weighted by Gasteiger charge is -1.98. The molecule has 2 aromatic rings. The van der Waals surface area contributed by atoms with Gasteiger partial charge >= 0.3 is 0 Å². The topological polar surface area (TPSA) is 95.6 Å². The van der Waals surface area contributed by atoms with Crippen LogP contribution in [0.4, 0.5) is 5.13 Å². The summed E-state index contributed by atoms with van der Waals surface area (Å²) < 4.78 is 0. The zero-order chi connectivity index (χ0) is 12.1. The third-order valence-corrected chi connectivity index (χ3v) is 2.80. The molecule has 0 unspecified atom stereocenters. The number of hydrogen-bond donors (Lipinski definition) is 3. The Kier molecular flexibility index (Phi) is 3.66. The summed E-state index contributed by atoms with van der Waals surface area (Å²) in [5, 5.41) is 14.3. The van der Waals surface area contributed by atoms with E-state index < -0.39 is 0 Å². The van der Waals surface area contributed by atoms with Crippen molar-refractivity contribution < 1.29 is 4.79 Å². The Morgan fingerprint density at radius 2 is 2.41 bits per heavy atom. The maximum atomic E-state index is 11.7. The second-order valence-electron chi connectivity index (χ2n) is 3.16. The summed E-state index contributed by atoms with van der Waals surface area (Å²) in [7, 11) is 0. The van der Waals surface area contributed by atoms with Crippen molar-refractivity contribution in [2.24, 2.45) is 0 Å². The number of aromatic nitrogens is 4. The van der Waals surface area contributed by atoms with E-state index in [0.717, 1.165) is 6.54 Å². The lowest BCUT2D eigenvalue weighted by Crippen LogP contribution is -2.23. The van der Waals surface area contributed by atoms with Crippen LogP contribution in [0.15, 0.2) is 12.4 Å². The number of carbonyl (C=O) groups is 1. The first-order valence-electron chi connectivity index (χ1n) is 5.13. The van der Waals surface area contributed by atoms with Gasteiger partial charge in [0.1, 0.15) is 5.82 Å². The van der Waals surface area contributed by atoms with E-state index in [1.807, 2.05) is 6.92 Å². The van der Waals surface area contributed by atoms with E-state index in [9.17, 15) is 4.79 Å². The van der Waals surface area contributed by atoms with E-state index in [-0.39, 0.29) is 5.91 Å². The first kappa shape index (κ1) is 11.5. The zero-order valence-electron chi connectivity index (χ0n) is 9.23. The Bertz CT molecular complexity index is 479. The van der Waals surface area contributed by atoms with E-state index in [1.165, 1.54) is 11.3 Å². The number of anilines is 1. The SMILES string of the molecule is CCNc1nnc(C(=O)NCc2ncc[nH]2)s1. The first-order chi connectivity index (χ1) is 8.29. The van der Waals surface area contributed by atoms with Gasteiger partial charge in [-0.05, 0) is 6.92 Å². The molecule has 0 aliphatic heterocycles. The molecule has 3 N–H and O–H groups in total. The van der Waals surface area contributed by atoms with Crippen LogP contribution in [0, 0.1) is 0 Å². The molecule has 0 saturated carbocycles. The molecule has 1 amide bonds. The van der Waals surface area contributed by atoms with Crippen LogP contribution in [0.1, 0.15) is 22.6 Å². The molecule has 0 spiro atoms. The predicted octanol–water partition coefficient (Wildman–Crippen LogP) is 0.623. The molecule has 2 aromatic heterocycles. The van der Waals surface area contributed by atoms with Crippen molar-refractivity contribution in [1.29, 1.82) is 0 Å². The molecule has 0 aromatic carbocycles. The molecule has 0 bridgehead atoms. The fourth-order valence-electron chi connectivity index (χ4n) is 1.17. The maximum Gasteiger partial charge on any atom is 0.282 e. The second-order valence-corrected chi connectivity index (χ2v) is 4.14. The summed E-state index contributed by atoms with van der Waals surface area (Å²) in [6, 6.07) is 0. The minimum atomic E-state index is -0.247. The average Bonchev–Trinajstić information content (AvgIpc) is 2.97. The summed E-state index contributed by atoms with van der Waals surface area (Å²) in [5.41, 5.74) is 0. The number of carbonyl (C=O) groups excluding carboxylic acids is 1. The Balaban J connectivity index is 1.90. The fraction of sp³-hybridized carbons (Fsp3) is 0.333. The van der Waals surface area contributed by atoms with Gasteiger partial charge in [0.15, 0.2) is 0 Å². The van der Waals surface area contributed by atoms with Gasteiger partial charge in [0, 0.05) is 18.9 Å². The van der Waals surface area contributed by atoms with Gasteiger partial charge < -0.3 is 15.6 Å². The fourth-order valence-corrected chi connectivity index (χ4v) is 1.90. The molecule has 0 aliphatic rings. The molecule has 0 aliphatic carbocycles. The van der Waals surface area contributed by atoms with Gasteiger partial charge in [0.25, 0.3) is 5.91 Å². The van der Waals surface area contributed by atoms with E-state index in [4.69, 9.17) is 0 Å². The monoisotopic (exact) mass is 252 g/mol. The van der Waals surface area contributed by atoms with Crippen LogP contribution in [0.5, 0.6) is 0 Å². The Morgan fingerprint density at radius 1 is 1.53 bits per heavy atom. The Hall–Kier alpha value is -1.96. The van der Waals surface area contributed by atoms with Crippen LogP contribution >= 0.6 is 11.3 Å². The largest absolute Gasteiger partial charge is 0.360 e. The molecular weight excluding hydrogens is 240 g/mol. The second kappa shape index (κ2) is 5.39. The first-order valence-corrected chi connectivity index (χ1v) is 5.95. The highest BCUT2D eigenvalue weighted by atomic mass is 32.1. The van der Waals surface area contributed by atoms with Crippen LogP contribution in [-0.4, -0.2) is 32.6 Å². The number of rotatable bonds is 5. The van der Waals surface area contributed by atoms with Gasteiger partial charge in [0.05, 0.1) is 6.54 Å². The number of nitrogens with zero attached hydrogens (tertiary/aromatic N) is 3. The van der Waals surface area contributed by atoms with Crippen molar-refractivity contribution >= 4 is 22.4 Å². The van der Waals surface area contributed by atoms with Crippen molar-refractivity contribution in [2.75, 3.05) is 11.9 Å². The van der Waals surface area contributed by atoms with Gasteiger partial charge in [-0.3, -0.25) is 4.79 Å². The Morgan fingerprint density at radius 3 is 3.12 bits per heavy atom. The molecule has 90 valence electrons. The van der Waals surface area contributed by atoms with Gasteiger partial charge in [-0.1, -0.05) is 11.3 Å². The van der Waals surface area contributed by atoms with Crippen LogP contribution in [0.25, 0.3) is 0 Å². The molecule has 0 radical (unpaired) electrons. The molecule has 0 fully saturated rings. The van der Waals surface area contributed by atoms with E-state index in [2.05, 4.69) is 30.8 Å². The Labute approximate surface area is 102 Å². The minimum absolute atomic E-state index is 0.247. The van der Waals surface area contributed by atoms with Crippen molar-refractivity contribution in [3.8, 4) is 0 Å². The number of H-pyrrole nitrogens is 1. The van der Waals surface area contributed by atoms with Crippen LogP contribution in [0.3, 0.4) is 0 Å². The van der Waals surface area contributed by atoms with Gasteiger partial charge in [-0.25, -0.2) is 4.98 Å². The van der Waals surface area contributed by atoms with Crippen molar-refractivity contribution in [3.05, 3.63) is 23.2 Å². The highest BCUT2D eigenvalue weighted by Gasteiger charge is 2.12. The lowest BCUT2D eigenvalue weighted by atomic mass is 10.5. The highest BCUT2D eigenvalue weighted by molar-refractivity contribution is 7.17. The van der Waals surface area contributed by atoms with Crippen LogP contribution < -0.4 is 10.6 Å². The van der Waals surface area contributed by atoms with Crippen LogP contribution in [-0.2, 0) is 6.54 Å². The van der Waals surface area contributed by atoms with E-state index in [1.54, 1.807) is 12.4 Å². The molecule has 0 saturated heterocycles.